The minimum absolute atomic E-state index is 0.0146. The quantitative estimate of drug-likeness (QED) is 0.386. The van der Waals surface area contributed by atoms with Gasteiger partial charge in [-0.05, 0) is 48.2 Å². The number of aliphatic imine (C=N–C) groups is 1. The SMILES string of the molecule is CN=C(NCCCc1ccc(Br)cc1F)NCc1ccc(C(=O)N(C)C)cc1. The Hall–Kier alpha value is -2.41. The molecule has 5 nitrogen and oxygen atoms in total. The van der Waals surface area contributed by atoms with E-state index in [4.69, 9.17) is 0 Å². The minimum atomic E-state index is -0.187. The lowest BCUT2D eigenvalue weighted by molar-refractivity contribution is 0.0827. The number of nitrogens with one attached hydrogen (secondary N) is 2. The van der Waals surface area contributed by atoms with E-state index in [1.54, 1.807) is 32.1 Å². The molecule has 28 heavy (non-hydrogen) atoms. The summed E-state index contributed by atoms with van der Waals surface area (Å²) in [4.78, 5) is 17.7. The molecule has 2 aromatic rings. The van der Waals surface area contributed by atoms with E-state index in [0.29, 0.717) is 36.6 Å². The normalized spacial score (nSPS) is 11.2. The summed E-state index contributed by atoms with van der Waals surface area (Å²) in [6.07, 6.45) is 1.45. The molecule has 0 bridgehead atoms. The summed E-state index contributed by atoms with van der Waals surface area (Å²) in [6, 6.07) is 12.6. The van der Waals surface area contributed by atoms with E-state index in [0.717, 1.165) is 16.5 Å². The monoisotopic (exact) mass is 448 g/mol. The molecule has 1 amide bonds. The Bertz CT molecular complexity index is 822. The number of hydrogen-bond acceptors (Lipinski definition) is 2. The number of aryl methyl sites for hydroxylation is 1. The first kappa shape index (κ1) is 21.9. The van der Waals surface area contributed by atoms with Crippen LogP contribution in [0.15, 0.2) is 51.9 Å². The molecule has 2 aromatic carbocycles. The number of amides is 1. The minimum Gasteiger partial charge on any atom is -0.356 e. The first-order valence-electron chi connectivity index (χ1n) is 9.09. The lowest BCUT2D eigenvalue weighted by atomic mass is 10.1. The molecule has 0 radical (unpaired) electrons. The Kier molecular flexibility index (Phi) is 8.44. The molecule has 0 spiro atoms. The van der Waals surface area contributed by atoms with Crippen molar-refractivity contribution in [2.24, 2.45) is 4.99 Å². The largest absolute Gasteiger partial charge is 0.356 e. The molecule has 7 heteroatoms. The highest BCUT2D eigenvalue weighted by Crippen LogP contribution is 2.16. The smallest absolute Gasteiger partial charge is 0.253 e. The van der Waals surface area contributed by atoms with Crippen LogP contribution in [0.25, 0.3) is 0 Å². The summed E-state index contributed by atoms with van der Waals surface area (Å²) >= 11 is 3.27. The van der Waals surface area contributed by atoms with Crippen molar-refractivity contribution >= 4 is 27.8 Å². The Morgan fingerprint density at radius 2 is 1.86 bits per heavy atom. The Morgan fingerprint density at radius 3 is 2.46 bits per heavy atom. The maximum absolute atomic E-state index is 13.8. The molecule has 2 rings (SSSR count). The molecule has 0 aliphatic rings. The van der Waals surface area contributed by atoms with E-state index in [1.165, 1.54) is 6.07 Å². The van der Waals surface area contributed by atoms with Crippen LogP contribution < -0.4 is 10.6 Å². The summed E-state index contributed by atoms with van der Waals surface area (Å²) in [5.41, 5.74) is 2.42. The highest BCUT2D eigenvalue weighted by atomic mass is 79.9. The number of guanidine groups is 1. The fourth-order valence-electron chi connectivity index (χ4n) is 2.64. The summed E-state index contributed by atoms with van der Waals surface area (Å²) < 4.78 is 14.6. The number of nitrogens with zero attached hydrogens (tertiary/aromatic N) is 2. The Balaban J connectivity index is 1.76. The Labute approximate surface area is 174 Å². The van der Waals surface area contributed by atoms with Gasteiger partial charge in [-0.3, -0.25) is 9.79 Å². The topological polar surface area (TPSA) is 56.7 Å². The molecular formula is C21H26BrFN4O. The second-order valence-electron chi connectivity index (χ2n) is 6.59. The highest BCUT2D eigenvalue weighted by molar-refractivity contribution is 9.10. The first-order valence-corrected chi connectivity index (χ1v) is 9.89. The van der Waals surface area contributed by atoms with Gasteiger partial charge in [0.2, 0.25) is 0 Å². The maximum atomic E-state index is 13.8. The van der Waals surface area contributed by atoms with Crippen LogP contribution in [0.4, 0.5) is 4.39 Å². The van der Waals surface area contributed by atoms with Crippen LogP contribution >= 0.6 is 15.9 Å². The molecule has 0 atom stereocenters. The molecule has 0 saturated heterocycles. The zero-order chi connectivity index (χ0) is 20.5. The van der Waals surface area contributed by atoms with Crippen molar-refractivity contribution in [1.82, 2.24) is 15.5 Å². The van der Waals surface area contributed by atoms with Gasteiger partial charge >= 0.3 is 0 Å². The number of carbonyl (C=O) groups is 1. The fourth-order valence-corrected chi connectivity index (χ4v) is 2.97. The number of hydrogen-bond donors (Lipinski definition) is 2. The zero-order valence-corrected chi connectivity index (χ0v) is 18.0. The molecule has 150 valence electrons. The summed E-state index contributed by atoms with van der Waals surface area (Å²) in [5, 5.41) is 6.47. The van der Waals surface area contributed by atoms with Crippen molar-refractivity contribution in [2.45, 2.75) is 19.4 Å². The van der Waals surface area contributed by atoms with Crippen LogP contribution in [-0.2, 0) is 13.0 Å². The summed E-state index contributed by atoms with van der Waals surface area (Å²) in [5.74, 6) is 0.483. The predicted molar refractivity (Wildman–Crippen MR) is 115 cm³/mol. The Morgan fingerprint density at radius 1 is 1.14 bits per heavy atom. The third kappa shape index (κ3) is 6.64. The third-order valence-electron chi connectivity index (χ3n) is 4.22. The van der Waals surface area contributed by atoms with Gasteiger partial charge in [0.25, 0.3) is 5.91 Å². The van der Waals surface area contributed by atoms with Crippen molar-refractivity contribution < 1.29 is 9.18 Å². The average Bonchev–Trinajstić information content (AvgIpc) is 2.68. The number of benzene rings is 2. The first-order chi connectivity index (χ1) is 13.4. The molecular weight excluding hydrogens is 423 g/mol. The van der Waals surface area contributed by atoms with Crippen molar-refractivity contribution in [2.75, 3.05) is 27.7 Å². The predicted octanol–water partition coefficient (Wildman–Crippen LogP) is 3.59. The van der Waals surface area contributed by atoms with E-state index in [-0.39, 0.29) is 11.7 Å². The van der Waals surface area contributed by atoms with Crippen LogP contribution in [0.1, 0.15) is 27.9 Å². The molecule has 0 aliphatic heterocycles. The summed E-state index contributed by atoms with van der Waals surface area (Å²) in [6.45, 7) is 1.28. The number of carbonyl (C=O) groups excluding carboxylic acids is 1. The number of rotatable bonds is 7. The zero-order valence-electron chi connectivity index (χ0n) is 16.4. The van der Waals surface area contributed by atoms with Crippen molar-refractivity contribution in [3.05, 3.63) is 69.4 Å². The van der Waals surface area contributed by atoms with E-state index >= 15 is 0 Å². The van der Waals surface area contributed by atoms with Gasteiger partial charge in [0.1, 0.15) is 5.82 Å². The van der Waals surface area contributed by atoms with Gasteiger partial charge in [-0.2, -0.15) is 0 Å². The molecule has 0 aliphatic carbocycles. The van der Waals surface area contributed by atoms with Crippen LogP contribution in [0, 0.1) is 5.82 Å². The molecule has 0 heterocycles. The molecule has 0 saturated carbocycles. The van der Waals surface area contributed by atoms with Gasteiger partial charge in [0, 0.05) is 44.3 Å². The third-order valence-corrected chi connectivity index (χ3v) is 4.71. The highest BCUT2D eigenvalue weighted by Gasteiger charge is 2.07. The van der Waals surface area contributed by atoms with Crippen LogP contribution in [-0.4, -0.2) is 44.5 Å². The van der Waals surface area contributed by atoms with Gasteiger partial charge in [-0.15, -0.1) is 0 Å². The van der Waals surface area contributed by atoms with Crippen molar-refractivity contribution in [3.8, 4) is 0 Å². The van der Waals surface area contributed by atoms with E-state index < -0.39 is 0 Å². The van der Waals surface area contributed by atoms with Crippen LogP contribution in [0.5, 0.6) is 0 Å². The molecule has 0 fully saturated rings. The lowest BCUT2D eigenvalue weighted by Gasteiger charge is -2.13. The standard InChI is InChI=1S/C21H26BrFN4O/c1-24-21(25-12-4-5-16-10-11-18(22)13-19(16)23)26-14-15-6-8-17(9-7-15)20(28)27(2)3/h6-11,13H,4-5,12,14H2,1-3H3,(H2,24,25,26). The van der Waals surface area contributed by atoms with E-state index in [9.17, 15) is 9.18 Å². The van der Waals surface area contributed by atoms with Gasteiger partial charge in [-0.25, -0.2) is 4.39 Å². The second-order valence-corrected chi connectivity index (χ2v) is 7.50. The van der Waals surface area contributed by atoms with Crippen LogP contribution in [0.3, 0.4) is 0 Å². The van der Waals surface area contributed by atoms with Gasteiger partial charge in [0.05, 0.1) is 0 Å². The average molecular weight is 449 g/mol. The molecule has 0 aromatic heterocycles. The van der Waals surface area contributed by atoms with Crippen molar-refractivity contribution in [1.29, 1.82) is 0 Å². The maximum Gasteiger partial charge on any atom is 0.253 e. The lowest BCUT2D eigenvalue weighted by Crippen LogP contribution is -2.37. The van der Waals surface area contributed by atoms with Crippen molar-refractivity contribution in [3.63, 3.8) is 0 Å². The molecule has 0 unspecified atom stereocenters. The fraction of sp³-hybridized carbons (Fsp3) is 0.333. The number of halogens is 2. The van der Waals surface area contributed by atoms with Gasteiger partial charge < -0.3 is 15.5 Å². The molecule has 2 N–H and O–H groups in total. The van der Waals surface area contributed by atoms with Gasteiger partial charge in [-0.1, -0.05) is 34.1 Å². The second kappa shape index (κ2) is 10.8. The van der Waals surface area contributed by atoms with E-state index in [2.05, 4.69) is 31.6 Å². The van der Waals surface area contributed by atoms with Gasteiger partial charge in [0.15, 0.2) is 5.96 Å². The van der Waals surface area contributed by atoms with E-state index in [1.807, 2.05) is 30.3 Å². The summed E-state index contributed by atoms with van der Waals surface area (Å²) in [7, 11) is 5.18. The van der Waals surface area contributed by atoms with Crippen LogP contribution in [0.2, 0.25) is 0 Å².